The second kappa shape index (κ2) is 14.1. The van der Waals surface area contributed by atoms with Gasteiger partial charge in [0.15, 0.2) is 5.96 Å². The van der Waals surface area contributed by atoms with Crippen LogP contribution >= 0.6 is 24.0 Å². The molecule has 1 aliphatic rings. The number of benzene rings is 1. The summed E-state index contributed by atoms with van der Waals surface area (Å²) in [5, 5.41) is 6.58. The normalized spacial score (nSPS) is 16.0. The number of rotatable bonds is 9. The van der Waals surface area contributed by atoms with Crippen LogP contribution in [0.3, 0.4) is 0 Å². The molecule has 5 nitrogen and oxygen atoms in total. The van der Waals surface area contributed by atoms with Gasteiger partial charge in [0.1, 0.15) is 5.82 Å². The summed E-state index contributed by atoms with van der Waals surface area (Å²) in [7, 11) is 0. The van der Waals surface area contributed by atoms with Gasteiger partial charge < -0.3 is 15.4 Å². The van der Waals surface area contributed by atoms with Crippen molar-refractivity contribution in [1.82, 2.24) is 15.5 Å². The lowest BCUT2D eigenvalue weighted by Gasteiger charge is -2.31. The van der Waals surface area contributed by atoms with Crippen LogP contribution in [0.2, 0.25) is 0 Å². The molecule has 0 aliphatic carbocycles. The number of nitrogens with one attached hydrogen (secondary N) is 2. The lowest BCUT2D eigenvalue weighted by molar-refractivity contribution is 0.152. The van der Waals surface area contributed by atoms with Gasteiger partial charge in [0.2, 0.25) is 0 Å². The molecule has 0 atom stereocenters. The van der Waals surface area contributed by atoms with E-state index in [-0.39, 0.29) is 29.8 Å². The van der Waals surface area contributed by atoms with Gasteiger partial charge in [-0.3, -0.25) is 9.89 Å². The van der Waals surface area contributed by atoms with Gasteiger partial charge in [-0.2, -0.15) is 0 Å². The highest BCUT2D eigenvalue weighted by Crippen LogP contribution is 2.20. The molecular weight excluding hydrogens is 458 g/mol. The Kier molecular flexibility index (Phi) is 12.6. The van der Waals surface area contributed by atoms with Crippen molar-refractivity contribution in [3.05, 3.63) is 35.6 Å². The number of ether oxygens (including phenoxy) is 1. The second-order valence-corrected chi connectivity index (χ2v) is 6.65. The van der Waals surface area contributed by atoms with Crippen LogP contribution in [-0.2, 0) is 11.3 Å². The van der Waals surface area contributed by atoms with E-state index in [1.54, 1.807) is 6.07 Å². The Morgan fingerprint density at radius 1 is 1.22 bits per heavy atom. The minimum atomic E-state index is -0.104. The quantitative estimate of drug-likeness (QED) is 0.241. The number of piperidine rings is 1. The largest absolute Gasteiger partial charge is 0.380 e. The van der Waals surface area contributed by atoms with Gasteiger partial charge >= 0.3 is 0 Å². The maximum atomic E-state index is 13.8. The molecule has 2 rings (SSSR count). The zero-order chi connectivity index (χ0) is 18.6. The van der Waals surface area contributed by atoms with Gasteiger partial charge in [-0.15, -0.1) is 24.0 Å². The first-order valence-corrected chi connectivity index (χ1v) is 9.78. The van der Waals surface area contributed by atoms with E-state index in [4.69, 9.17) is 9.73 Å². The van der Waals surface area contributed by atoms with Crippen molar-refractivity contribution < 1.29 is 9.13 Å². The Labute approximate surface area is 180 Å². The lowest BCUT2D eigenvalue weighted by atomic mass is 9.96. The molecule has 1 heterocycles. The molecule has 2 N–H and O–H groups in total. The molecule has 7 heteroatoms. The fraction of sp³-hybridized carbons (Fsp3) is 0.650. The number of likely N-dealkylation sites (tertiary alicyclic amines) is 1. The third-order valence-corrected chi connectivity index (χ3v) is 4.65. The number of hydrogen-bond donors (Lipinski definition) is 2. The zero-order valence-corrected chi connectivity index (χ0v) is 18.9. The Morgan fingerprint density at radius 3 is 2.63 bits per heavy atom. The average Bonchev–Trinajstić information content (AvgIpc) is 2.66. The number of aliphatic imine (C=N–C) groups is 1. The van der Waals surface area contributed by atoms with E-state index >= 15 is 0 Å². The Morgan fingerprint density at radius 2 is 1.96 bits per heavy atom. The standard InChI is InChI=1S/C20H33FN4O.HI/c1-3-22-20(23-11-14-26-4-2)24-15-17-9-12-25(13-10-17)16-18-7-5-6-8-19(18)21;/h5-8,17H,3-4,9-16H2,1-2H3,(H2,22,23,24);1H. The third-order valence-electron chi connectivity index (χ3n) is 4.65. The third kappa shape index (κ3) is 9.21. The highest BCUT2D eigenvalue weighted by atomic mass is 127. The van der Waals surface area contributed by atoms with Crippen LogP contribution in [0.15, 0.2) is 29.3 Å². The molecule has 1 aromatic rings. The molecule has 0 aromatic heterocycles. The van der Waals surface area contributed by atoms with Gasteiger partial charge in [-0.25, -0.2) is 4.39 Å². The van der Waals surface area contributed by atoms with Crippen LogP contribution in [0.1, 0.15) is 32.3 Å². The van der Waals surface area contributed by atoms with Crippen LogP contribution in [0, 0.1) is 11.7 Å². The molecule has 27 heavy (non-hydrogen) atoms. The van der Waals surface area contributed by atoms with E-state index in [0.29, 0.717) is 19.1 Å². The first-order chi connectivity index (χ1) is 12.7. The summed E-state index contributed by atoms with van der Waals surface area (Å²) in [5.74, 6) is 1.35. The summed E-state index contributed by atoms with van der Waals surface area (Å²) in [5.41, 5.74) is 0.789. The first-order valence-electron chi connectivity index (χ1n) is 9.78. The molecule has 0 saturated carbocycles. The SMILES string of the molecule is CCNC(=NCC1CCN(Cc2ccccc2F)CC1)NCCOCC.I. The van der Waals surface area contributed by atoms with Crippen molar-refractivity contribution in [2.24, 2.45) is 10.9 Å². The number of hydrogen-bond acceptors (Lipinski definition) is 3. The van der Waals surface area contributed by atoms with E-state index in [1.807, 2.05) is 19.1 Å². The van der Waals surface area contributed by atoms with E-state index in [0.717, 1.165) is 63.7 Å². The van der Waals surface area contributed by atoms with Crippen LogP contribution in [0.4, 0.5) is 4.39 Å². The molecule has 1 aliphatic heterocycles. The molecule has 1 aromatic carbocycles. The fourth-order valence-corrected chi connectivity index (χ4v) is 3.14. The topological polar surface area (TPSA) is 48.9 Å². The van der Waals surface area contributed by atoms with Crippen molar-refractivity contribution >= 4 is 29.9 Å². The minimum absolute atomic E-state index is 0. The highest BCUT2D eigenvalue weighted by Gasteiger charge is 2.19. The van der Waals surface area contributed by atoms with Crippen LogP contribution in [0.25, 0.3) is 0 Å². The van der Waals surface area contributed by atoms with E-state index in [2.05, 4.69) is 22.5 Å². The first kappa shape index (κ1) is 24.1. The predicted molar refractivity (Wildman–Crippen MR) is 120 cm³/mol. The second-order valence-electron chi connectivity index (χ2n) is 6.65. The number of guanidine groups is 1. The zero-order valence-electron chi connectivity index (χ0n) is 16.5. The van der Waals surface area contributed by atoms with Gasteiger partial charge in [-0.05, 0) is 51.8 Å². The van der Waals surface area contributed by atoms with Crippen molar-refractivity contribution in [3.63, 3.8) is 0 Å². The summed E-state index contributed by atoms with van der Waals surface area (Å²) in [4.78, 5) is 7.06. The van der Waals surface area contributed by atoms with Crippen LogP contribution in [0.5, 0.6) is 0 Å². The maximum absolute atomic E-state index is 13.8. The molecule has 0 unspecified atom stereocenters. The summed E-state index contributed by atoms with van der Waals surface area (Å²) >= 11 is 0. The van der Waals surface area contributed by atoms with Crippen LogP contribution < -0.4 is 10.6 Å². The van der Waals surface area contributed by atoms with E-state index in [1.165, 1.54) is 6.07 Å². The van der Waals surface area contributed by atoms with E-state index in [9.17, 15) is 4.39 Å². The van der Waals surface area contributed by atoms with E-state index < -0.39 is 0 Å². The van der Waals surface area contributed by atoms with Gasteiger partial charge in [-0.1, -0.05) is 18.2 Å². The predicted octanol–water partition coefficient (Wildman–Crippen LogP) is 3.25. The van der Waals surface area contributed by atoms with Gasteiger partial charge in [0.25, 0.3) is 0 Å². The molecule has 0 bridgehead atoms. The molecule has 0 radical (unpaired) electrons. The summed E-state index contributed by atoms with van der Waals surface area (Å²) < 4.78 is 19.1. The van der Waals surface area contributed by atoms with Gasteiger partial charge in [0.05, 0.1) is 6.61 Å². The number of halogens is 2. The maximum Gasteiger partial charge on any atom is 0.191 e. The Bertz CT molecular complexity index is 551. The summed E-state index contributed by atoms with van der Waals surface area (Å²) in [6.45, 7) is 10.6. The molecule has 1 saturated heterocycles. The molecule has 0 spiro atoms. The molecule has 0 amide bonds. The molecule has 1 fully saturated rings. The Hall–Kier alpha value is -0.930. The van der Waals surface area contributed by atoms with Crippen molar-refractivity contribution in [1.29, 1.82) is 0 Å². The summed E-state index contributed by atoms with van der Waals surface area (Å²) in [6.07, 6.45) is 2.21. The smallest absolute Gasteiger partial charge is 0.191 e. The van der Waals surface area contributed by atoms with Gasteiger partial charge in [0, 0.05) is 38.3 Å². The molecular formula is C20H34FIN4O. The van der Waals surface area contributed by atoms with Crippen molar-refractivity contribution in [2.45, 2.75) is 33.2 Å². The number of nitrogens with zero attached hydrogens (tertiary/aromatic N) is 2. The monoisotopic (exact) mass is 492 g/mol. The highest BCUT2D eigenvalue weighted by molar-refractivity contribution is 14.0. The Balaban J connectivity index is 0.00000364. The molecule has 154 valence electrons. The van der Waals surface area contributed by atoms with Crippen LogP contribution in [-0.4, -0.2) is 56.8 Å². The van der Waals surface area contributed by atoms with Crippen molar-refractivity contribution in [3.8, 4) is 0 Å². The van der Waals surface area contributed by atoms with Crippen molar-refractivity contribution in [2.75, 3.05) is 45.9 Å². The fourth-order valence-electron chi connectivity index (χ4n) is 3.14. The average molecular weight is 492 g/mol. The minimum Gasteiger partial charge on any atom is -0.380 e. The lowest BCUT2D eigenvalue weighted by Crippen LogP contribution is -2.40. The summed E-state index contributed by atoms with van der Waals surface area (Å²) in [6, 6.07) is 7.06.